The van der Waals surface area contributed by atoms with Crippen LogP contribution in [0, 0.1) is 0 Å². The van der Waals surface area contributed by atoms with E-state index in [4.69, 9.17) is 9.84 Å². The van der Waals surface area contributed by atoms with Crippen molar-refractivity contribution in [1.29, 1.82) is 0 Å². The van der Waals surface area contributed by atoms with Crippen LogP contribution < -0.4 is 0 Å². The van der Waals surface area contributed by atoms with Gasteiger partial charge in [0.1, 0.15) is 0 Å². The van der Waals surface area contributed by atoms with E-state index in [0.717, 1.165) is 0 Å². The van der Waals surface area contributed by atoms with E-state index in [0.29, 0.717) is 19.4 Å². The van der Waals surface area contributed by atoms with Crippen LogP contribution in [0.15, 0.2) is 0 Å². The van der Waals surface area contributed by atoms with Crippen LogP contribution in [0.3, 0.4) is 0 Å². The molecule has 0 aromatic heterocycles. The maximum Gasteiger partial charge on any atom is 0.0841 e. The topological polar surface area (TPSA) is 46.5 Å². The van der Waals surface area contributed by atoms with Crippen molar-refractivity contribution < 1.29 is 14.4 Å². The molecule has 0 bridgehead atoms. The minimum Gasteiger partial charge on any atom is -0.394 e. The molecule has 0 unspecified atom stereocenters. The van der Waals surface area contributed by atoms with E-state index in [-0.39, 0.29) is 6.61 Å². The first kappa shape index (κ1) is 10.2. The summed E-state index contributed by atoms with van der Waals surface area (Å²) in [7, 11) is -1.91. The van der Waals surface area contributed by atoms with Crippen molar-refractivity contribution in [1.82, 2.24) is 0 Å². The van der Waals surface area contributed by atoms with Gasteiger partial charge in [-0.05, 0) is 13.3 Å². The fourth-order valence-electron chi connectivity index (χ4n) is 0.451. The zero-order chi connectivity index (χ0) is 8.04. The summed E-state index contributed by atoms with van der Waals surface area (Å²) in [6, 6.07) is 0. The van der Waals surface area contributed by atoms with Gasteiger partial charge in [0.15, 0.2) is 0 Å². The Labute approximate surface area is 61.8 Å². The lowest BCUT2D eigenvalue weighted by Crippen LogP contribution is -2.04. The van der Waals surface area contributed by atoms with Crippen molar-refractivity contribution in [2.45, 2.75) is 0 Å². The first-order valence-corrected chi connectivity index (χ1v) is 6.07. The smallest absolute Gasteiger partial charge is 0.0841 e. The molecule has 0 saturated heterocycles. The van der Waals surface area contributed by atoms with Gasteiger partial charge in [0.25, 0.3) is 0 Å². The highest BCUT2D eigenvalue weighted by atomic mass is 31.2. The lowest BCUT2D eigenvalue weighted by molar-refractivity contribution is 0.103. The van der Waals surface area contributed by atoms with E-state index >= 15 is 0 Å². The minimum absolute atomic E-state index is 0.0394. The van der Waals surface area contributed by atoms with Crippen molar-refractivity contribution in [3.8, 4) is 0 Å². The molecule has 3 nitrogen and oxygen atoms in total. The Morgan fingerprint density at radius 1 is 1.40 bits per heavy atom. The first-order valence-electron chi connectivity index (χ1n) is 3.29. The predicted octanol–water partition coefficient (Wildman–Crippen LogP) is 0.618. The van der Waals surface area contributed by atoms with E-state index in [9.17, 15) is 4.57 Å². The normalized spacial score (nSPS) is 11.9. The van der Waals surface area contributed by atoms with Crippen molar-refractivity contribution in [2.24, 2.45) is 0 Å². The summed E-state index contributed by atoms with van der Waals surface area (Å²) >= 11 is 0. The molecule has 0 aromatic carbocycles. The first-order chi connectivity index (χ1) is 4.56. The Bertz CT molecular complexity index is 118. The Kier molecular flexibility index (Phi) is 4.96. The third-order valence-corrected chi connectivity index (χ3v) is 2.27. The molecule has 0 aliphatic heterocycles. The minimum atomic E-state index is -1.91. The highest BCUT2D eigenvalue weighted by Gasteiger charge is 2.05. The number of aliphatic hydroxyl groups is 1. The van der Waals surface area contributed by atoms with Crippen LogP contribution in [-0.2, 0) is 9.30 Å². The fourth-order valence-corrected chi connectivity index (χ4v) is 1.02. The van der Waals surface area contributed by atoms with Gasteiger partial charge in [-0.25, -0.2) is 0 Å². The average molecular weight is 166 g/mol. The summed E-state index contributed by atoms with van der Waals surface area (Å²) in [5.41, 5.74) is 0. The summed E-state index contributed by atoms with van der Waals surface area (Å²) in [6.07, 6.45) is 0.604. The van der Waals surface area contributed by atoms with E-state index in [2.05, 4.69) is 0 Å². The van der Waals surface area contributed by atoms with E-state index < -0.39 is 7.14 Å². The van der Waals surface area contributed by atoms with Gasteiger partial charge in [-0.2, -0.15) is 0 Å². The second-order valence-electron chi connectivity index (χ2n) is 2.63. The van der Waals surface area contributed by atoms with Crippen molar-refractivity contribution in [3.63, 3.8) is 0 Å². The molecule has 10 heavy (non-hydrogen) atoms. The summed E-state index contributed by atoms with van der Waals surface area (Å²) in [5, 5.41) is 8.30. The third-order valence-electron chi connectivity index (χ3n) is 1.01. The molecule has 0 aliphatic carbocycles. The van der Waals surface area contributed by atoms with Crippen LogP contribution in [0.4, 0.5) is 0 Å². The van der Waals surface area contributed by atoms with Crippen LogP contribution >= 0.6 is 7.14 Å². The molecule has 0 fully saturated rings. The standard InChI is InChI=1S/C6H15O3P/c1-10(2,8)6-5-9-4-3-7/h7H,3-6H2,1-2H3. The monoisotopic (exact) mass is 166 g/mol. The molecule has 0 spiro atoms. The van der Waals surface area contributed by atoms with Gasteiger partial charge in [-0.3, -0.25) is 0 Å². The van der Waals surface area contributed by atoms with Gasteiger partial charge >= 0.3 is 0 Å². The molecular formula is C6H15O3P. The second kappa shape index (κ2) is 4.89. The largest absolute Gasteiger partial charge is 0.394 e. The van der Waals surface area contributed by atoms with Gasteiger partial charge < -0.3 is 14.4 Å². The molecule has 0 saturated carbocycles. The quantitative estimate of drug-likeness (QED) is 0.481. The van der Waals surface area contributed by atoms with E-state index in [1.54, 1.807) is 13.3 Å². The second-order valence-corrected chi connectivity index (χ2v) is 6.23. The summed E-state index contributed by atoms with van der Waals surface area (Å²) in [4.78, 5) is 0. The molecule has 0 amide bonds. The molecule has 0 heterocycles. The maximum absolute atomic E-state index is 11.0. The number of rotatable bonds is 5. The third kappa shape index (κ3) is 8.15. The zero-order valence-electron chi connectivity index (χ0n) is 6.54. The SMILES string of the molecule is CP(C)(=O)CCOCCO. The fraction of sp³-hybridized carbons (Fsp3) is 1.00. The molecule has 4 heteroatoms. The highest BCUT2D eigenvalue weighted by Crippen LogP contribution is 2.34. The lowest BCUT2D eigenvalue weighted by atomic mass is 10.7. The van der Waals surface area contributed by atoms with Crippen molar-refractivity contribution in [3.05, 3.63) is 0 Å². The van der Waals surface area contributed by atoms with E-state index in [1.165, 1.54) is 0 Å². The average Bonchev–Trinajstić information content (AvgIpc) is 1.78. The van der Waals surface area contributed by atoms with Crippen LogP contribution in [0.5, 0.6) is 0 Å². The van der Waals surface area contributed by atoms with Crippen LogP contribution in [0.25, 0.3) is 0 Å². The number of aliphatic hydroxyl groups excluding tert-OH is 1. The molecule has 62 valence electrons. The number of hydrogen-bond donors (Lipinski definition) is 1. The molecule has 0 aliphatic rings. The van der Waals surface area contributed by atoms with Crippen molar-refractivity contribution >= 4 is 7.14 Å². The van der Waals surface area contributed by atoms with Gasteiger partial charge in [0.05, 0.1) is 27.0 Å². The van der Waals surface area contributed by atoms with Crippen molar-refractivity contribution in [2.75, 3.05) is 39.3 Å². The van der Waals surface area contributed by atoms with Crippen LogP contribution in [-0.4, -0.2) is 44.4 Å². The molecule has 0 radical (unpaired) electrons. The van der Waals surface area contributed by atoms with Gasteiger partial charge in [0.2, 0.25) is 0 Å². The highest BCUT2D eigenvalue weighted by molar-refractivity contribution is 7.62. The summed E-state index contributed by atoms with van der Waals surface area (Å²) in [5.74, 6) is 0. The zero-order valence-corrected chi connectivity index (χ0v) is 7.43. The summed E-state index contributed by atoms with van der Waals surface area (Å²) < 4.78 is 16.0. The number of ether oxygens (including phenoxy) is 1. The predicted molar refractivity (Wildman–Crippen MR) is 42.2 cm³/mol. The Balaban J connectivity index is 3.13. The Morgan fingerprint density at radius 2 is 2.00 bits per heavy atom. The van der Waals surface area contributed by atoms with Gasteiger partial charge in [-0.1, -0.05) is 0 Å². The van der Waals surface area contributed by atoms with Crippen LogP contribution in [0.2, 0.25) is 0 Å². The van der Waals surface area contributed by atoms with Crippen LogP contribution in [0.1, 0.15) is 0 Å². The molecule has 0 aromatic rings. The Morgan fingerprint density at radius 3 is 2.40 bits per heavy atom. The van der Waals surface area contributed by atoms with E-state index in [1.807, 2.05) is 0 Å². The molecule has 0 rings (SSSR count). The summed E-state index contributed by atoms with van der Waals surface area (Å²) in [6.45, 7) is 4.34. The maximum atomic E-state index is 11.0. The van der Waals surface area contributed by atoms with Gasteiger partial charge in [-0.15, -0.1) is 0 Å². The molecular weight excluding hydrogens is 151 g/mol. The van der Waals surface area contributed by atoms with Gasteiger partial charge in [0, 0.05) is 6.16 Å². The Hall–Kier alpha value is 0.150. The number of hydrogen-bond acceptors (Lipinski definition) is 3. The molecule has 1 N–H and O–H groups in total. The lowest BCUT2D eigenvalue weighted by Gasteiger charge is -2.05. The molecule has 0 atom stereocenters.